The van der Waals surface area contributed by atoms with Crippen LogP contribution in [0.15, 0.2) is 30.3 Å². The van der Waals surface area contributed by atoms with Crippen LogP contribution in [0.4, 0.5) is 4.79 Å². The van der Waals surface area contributed by atoms with Crippen molar-refractivity contribution in [2.24, 2.45) is 17.6 Å². The molecular formula is C25H40N4O5. The van der Waals surface area contributed by atoms with Gasteiger partial charge in [-0.15, -0.1) is 0 Å². The Morgan fingerprint density at radius 3 is 2.18 bits per heavy atom. The summed E-state index contributed by atoms with van der Waals surface area (Å²) < 4.78 is 5.32. The first-order chi connectivity index (χ1) is 15.8. The lowest BCUT2D eigenvalue weighted by Gasteiger charge is -2.27. The highest BCUT2D eigenvalue weighted by atomic mass is 16.6. The number of nitrogens with zero attached hydrogens (tertiary/aromatic N) is 2. The van der Waals surface area contributed by atoms with E-state index in [4.69, 9.17) is 10.5 Å². The smallest absolute Gasteiger partial charge is 0.410 e. The van der Waals surface area contributed by atoms with Crippen LogP contribution in [0.2, 0.25) is 0 Å². The van der Waals surface area contributed by atoms with Gasteiger partial charge >= 0.3 is 6.09 Å². The number of aryl methyl sites for hydroxylation is 1. The minimum absolute atomic E-state index is 0.0241. The Bertz CT molecular complexity index is 822. The number of amides is 4. The lowest BCUT2D eigenvalue weighted by Crippen LogP contribution is -2.42. The van der Waals surface area contributed by atoms with E-state index in [0.717, 1.165) is 5.56 Å². The molecule has 0 fully saturated rings. The van der Waals surface area contributed by atoms with E-state index >= 15 is 0 Å². The fourth-order valence-corrected chi connectivity index (χ4v) is 3.03. The Morgan fingerprint density at radius 2 is 1.62 bits per heavy atom. The van der Waals surface area contributed by atoms with Gasteiger partial charge in [0.05, 0.1) is 5.92 Å². The number of ether oxygens (including phenoxy) is 1. The number of benzene rings is 1. The molecular weight excluding hydrogens is 436 g/mol. The second kappa shape index (κ2) is 13.6. The number of nitrogens with two attached hydrogens (primary N) is 1. The predicted molar refractivity (Wildman–Crippen MR) is 131 cm³/mol. The quantitative estimate of drug-likeness (QED) is 0.479. The molecule has 0 aliphatic rings. The van der Waals surface area contributed by atoms with Gasteiger partial charge in [-0.2, -0.15) is 0 Å². The van der Waals surface area contributed by atoms with Gasteiger partial charge in [-0.05, 0) is 39.2 Å². The molecule has 0 radical (unpaired) electrons. The van der Waals surface area contributed by atoms with E-state index in [1.165, 1.54) is 9.80 Å². The standard InChI is InChI=1S/C25H40N4O5/c1-18(22(26)31)17-27-23(32)20(13-12-19-10-8-7-9-11-19)16-21(30)28(5)14-15-29(6)24(33)34-25(2,3)4/h7-11,18,20H,12-17H2,1-6H3,(H2,26,31)(H,27,32)/t18-,20-/m1/s1. The van der Waals surface area contributed by atoms with Crippen LogP contribution in [0.25, 0.3) is 0 Å². The fourth-order valence-electron chi connectivity index (χ4n) is 3.03. The van der Waals surface area contributed by atoms with Crippen LogP contribution >= 0.6 is 0 Å². The van der Waals surface area contributed by atoms with Crippen molar-refractivity contribution in [1.29, 1.82) is 0 Å². The van der Waals surface area contributed by atoms with Crippen LogP contribution in [0.1, 0.15) is 46.1 Å². The first-order valence-corrected chi connectivity index (χ1v) is 11.6. The topological polar surface area (TPSA) is 122 Å². The zero-order chi connectivity index (χ0) is 25.9. The maximum atomic E-state index is 12.9. The largest absolute Gasteiger partial charge is 0.444 e. The Balaban J connectivity index is 2.71. The minimum Gasteiger partial charge on any atom is -0.444 e. The number of carbonyl (C=O) groups excluding carboxylic acids is 4. The molecule has 0 saturated heterocycles. The normalized spacial score (nSPS) is 12.9. The van der Waals surface area contributed by atoms with E-state index in [2.05, 4.69) is 5.32 Å². The molecule has 0 aliphatic heterocycles. The van der Waals surface area contributed by atoms with Gasteiger partial charge in [0.2, 0.25) is 17.7 Å². The number of carbonyl (C=O) groups is 4. The van der Waals surface area contributed by atoms with Crippen molar-refractivity contribution in [2.45, 2.75) is 52.6 Å². The summed E-state index contributed by atoms with van der Waals surface area (Å²) in [5.41, 5.74) is 5.75. The van der Waals surface area contributed by atoms with Crippen LogP contribution in [-0.2, 0) is 25.5 Å². The highest BCUT2D eigenvalue weighted by Gasteiger charge is 2.25. The highest BCUT2D eigenvalue weighted by molar-refractivity contribution is 5.86. The fraction of sp³-hybridized carbons (Fsp3) is 0.600. The van der Waals surface area contributed by atoms with Gasteiger partial charge < -0.3 is 25.6 Å². The summed E-state index contributed by atoms with van der Waals surface area (Å²) in [5.74, 6) is -2.03. The molecule has 1 aromatic rings. The number of hydrogen-bond donors (Lipinski definition) is 2. The molecule has 9 nitrogen and oxygen atoms in total. The molecule has 0 heterocycles. The average molecular weight is 477 g/mol. The Morgan fingerprint density at radius 1 is 1.03 bits per heavy atom. The summed E-state index contributed by atoms with van der Waals surface area (Å²) in [6.07, 6.45) is 0.689. The van der Waals surface area contributed by atoms with Crippen molar-refractivity contribution < 1.29 is 23.9 Å². The first-order valence-electron chi connectivity index (χ1n) is 11.6. The van der Waals surface area contributed by atoms with E-state index < -0.39 is 29.4 Å². The summed E-state index contributed by atoms with van der Waals surface area (Å²) in [4.78, 5) is 52.0. The molecule has 1 aromatic carbocycles. The van der Waals surface area contributed by atoms with Gasteiger partial charge in [0.1, 0.15) is 5.60 Å². The Hall–Kier alpha value is -3.10. The minimum atomic E-state index is -0.599. The molecule has 190 valence electrons. The van der Waals surface area contributed by atoms with Crippen LogP contribution in [0.5, 0.6) is 0 Å². The van der Waals surface area contributed by atoms with Gasteiger partial charge in [0.25, 0.3) is 0 Å². The van der Waals surface area contributed by atoms with E-state index in [1.54, 1.807) is 41.8 Å². The summed E-state index contributed by atoms with van der Waals surface area (Å²) in [5, 5.41) is 2.75. The molecule has 3 N–H and O–H groups in total. The van der Waals surface area contributed by atoms with Gasteiger partial charge in [-0.3, -0.25) is 14.4 Å². The van der Waals surface area contributed by atoms with E-state index in [1.807, 2.05) is 30.3 Å². The summed E-state index contributed by atoms with van der Waals surface area (Å²) in [7, 11) is 3.26. The van der Waals surface area contributed by atoms with Gasteiger partial charge in [-0.25, -0.2) is 4.79 Å². The molecule has 34 heavy (non-hydrogen) atoms. The third kappa shape index (κ3) is 11.2. The second-order valence-electron chi connectivity index (χ2n) is 9.69. The lowest BCUT2D eigenvalue weighted by molar-refractivity contribution is -0.135. The molecule has 4 amide bonds. The number of rotatable bonds is 12. The molecule has 0 saturated carbocycles. The summed E-state index contributed by atoms with van der Waals surface area (Å²) in [6.45, 7) is 7.74. The number of primary amides is 1. The third-order valence-electron chi connectivity index (χ3n) is 5.39. The number of nitrogens with one attached hydrogen (secondary N) is 1. The molecule has 2 atom stereocenters. The number of likely N-dealkylation sites (N-methyl/N-ethyl adjacent to an activating group) is 2. The maximum Gasteiger partial charge on any atom is 0.410 e. The SMILES string of the molecule is C[C@H](CNC(=O)[C@H](CCc1ccccc1)CC(=O)N(C)CCN(C)C(=O)OC(C)(C)C)C(N)=O. The maximum absolute atomic E-state index is 12.9. The van der Waals surface area contributed by atoms with Gasteiger partial charge in [-0.1, -0.05) is 37.3 Å². The summed E-state index contributed by atoms with van der Waals surface area (Å²) >= 11 is 0. The molecule has 0 unspecified atom stereocenters. The average Bonchev–Trinajstić information content (AvgIpc) is 2.77. The molecule has 0 bridgehead atoms. The third-order valence-corrected chi connectivity index (χ3v) is 5.39. The van der Waals surface area contributed by atoms with E-state index in [9.17, 15) is 19.2 Å². The van der Waals surface area contributed by atoms with Crippen LogP contribution in [0.3, 0.4) is 0 Å². The van der Waals surface area contributed by atoms with Crippen molar-refractivity contribution in [3.63, 3.8) is 0 Å². The molecule has 9 heteroatoms. The van der Waals surface area contributed by atoms with Gasteiger partial charge in [0.15, 0.2) is 0 Å². The van der Waals surface area contributed by atoms with E-state index in [-0.39, 0.29) is 24.8 Å². The lowest BCUT2D eigenvalue weighted by atomic mass is 9.94. The zero-order valence-electron chi connectivity index (χ0n) is 21.3. The van der Waals surface area contributed by atoms with Crippen molar-refractivity contribution in [3.05, 3.63) is 35.9 Å². The van der Waals surface area contributed by atoms with Crippen molar-refractivity contribution in [3.8, 4) is 0 Å². The molecule has 0 aliphatic carbocycles. The highest BCUT2D eigenvalue weighted by Crippen LogP contribution is 2.16. The monoisotopic (exact) mass is 476 g/mol. The second-order valence-corrected chi connectivity index (χ2v) is 9.69. The van der Waals surface area contributed by atoms with Gasteiger partial charge in [0, 0.05) is 46.1 Å². The number of hydrogen-bond acceptors (Lipinski definition) is 5. The molecule has 1 rings (SSSR count). The first kappa shape index (κ1) is 28.9. The molecule has 0 spiro atoms. The van der Waals surface area contributed by atoms with Crippen molar-refractivity contribution >= 4 is 23.8 Å². The Labute approximate surface area is 203 Å². The van der Waals surface area contributed by atoms with Crippen LogP contribution in [0, 0.1) is 11.8 Å². The van der Waals surface area contributed by atoms with Crippen molar-refractivity contribution in [2.75, 3.05) is 33.7 Å². The Kier molecular flexibility index (Phi) is 11.5. The molecule has 0 aromatic heterocycles. The zero-order valence-corrected chi connectivity index (χ0v) is 21.3. The van der Waals surface area contributed by atoms with Crippen LogP contribution < -0.4 is 11.1 Å². The van der Waals surface area contributed by atoms with Crippen LogP contribution in [-0.4, -0.2) is 72.9 Å². The summed E-state index contributed by atoms with van der Waals surface area (Å²) in [6, 6.07) is 9.74. The van der Waals surface area contributed by atoms with Crippen molar-refractivity contribution in [1.82, 2.24) is 15.1 Å². The predicted octanol–water partition coefficient (Wildman–Crippen LogP) is 2.19. The van der Waals surface area contributed by atoms with E-state index in [0.29, 0.717) is 25.9 Å².